The molecule has 1 atom stereocenters. The molecule has 0 aliphatic carbocycles. The van der Waals surface area contributed by atoms with Gasteiger partial charge >= 0.3 is 5.97 Å². The largest absolute Gasteiger partial charge is 0.481 e. The zero-order valence-corrected chi connectivity index (χ0v) is 9.02. The maximum Gasteiger partial charge on any atom is 0.305 e. The van der Waals surface area contributed by atoms with Gasteiger partial charge in [0.15, 0.2) is 0 Å². The lowest BCUT2D eigenvalue weighted by molar-refractivity contribution is -0.137. The minimum absolute atomic E-state index is 0.119. The third-order valence-corrected chi connectivity index (χ3v) is 2.45. The molecule has 1 aromatic rings. The Morgan fingerprint density at radius 2 is 2.07 bits per heavy atom. The first-order valence-electron chi connectivity index (χ1n) is 4.03. The van der Waals surface area contributed by atoms with Gasteiger partial charge in [-0.15, -0.1) is 0 Å². The molecule has 0 aliphatic rings. The monoisotopic (exact) mass is 251 g/mol. The number of nitrogens with two attached hydrogens (primary N) is 1. The molecule has 1 unspecified atom stereocenters. The predicted octanol–water partition coefficient (Wildman–Crippen LogP) is 2.61. The number of carboxylic acids is 1. The highest BCUT2D eigenvalue weighted by atomic mass is 35.5. The van der Waals surface area contributed by atoms with Crippen molar-refractivity contribution in [2.45, 2.75) is 12.5 Å². The molecule has 0 spiro atoms. The van der Waals surface area contributed by atoms with E-state index in [0.717, 1.165) is 6.07 Å². The smallest absolute Gasteiger partial charge is 0.305 e. The van der Waals surface area contributed by atoms with Crippen LogP contribution >= 0.6 is 23.2 Å². The van der Waals surface area contributed by atoms with E-state index in [2.05, 4.69) is 0 Å². The third-order valence-electron chi connectivity index (χ3n) is 1.83. The number of hydrogen-bond acceptors (Lipinski definition) is 2. The Balaban J connectivity index is 3.03. The third kappa shape index (κ3) is 3.06. The van der Waals surface area contributed by atoms with Crippen molar-refractivity contribution in [1.82, 2.24) is 0 Å². The van der Waals surface area contributed by atoms with Crippen molar-refractivity contribution >= 4 is 29.2 Å². The van der Waals surface area contributed by atoms with E-state index < -0.39 is 17.8 Å². The Morgan fingerprint density at radius 3 is 2.60 bits per heavy atom. The number of carbonyl (C=O) groups is 1. The van der Waals surface area contributed by atoms with Crippen molar-refractivity contribution in [2.75, 3.05) is 0 Å². The highest BCUT2D eigenvalue weighted by Crippen LogP contribution is 2.28. The van der Waals surface area contributed by atoms with Gasteiger partial charge in [-0.2, -0.15) is 0 Å². The first-order chi connectivity index (χ1) is 6.91. The van der Waals surface area contributed by atoms with Crippen molar-refractivity contribution in [3.8, 4) is 0 Å². The molecule has 0 aliphatic heterocycles. The Bertz CT molecular complexity index is 398. The van der Waals surface area contributed by atoms with Crippen LogP contribution in [-0.2, 0) is 4.79 Å². The molecule has 0 aromatic heterocycles. The first-order valence-corrected chi connectivity index (χ1v) is 4.79. The fraction of sp³-hybridized carbons (Fsp3) is 0.222. The summed E-state index contributed by atoms with van der Waals surface area (Å²) in [5, 5.41) is 8.56. The van der Waals surface area contributed by atoms with Crippen molar-refractivity contribution < 1.29 is 14.3 Å². The van der Waals surface area contributed by atoms with Gasteiger partial charge in [0, 0.05) is 11.1 Å². The van der Waals surface area contributed by atoms with E-state index in [9.17, 15) is 9.18 Å². The van der Waals surface area contributed by atoms with Gasteiger partial charge in [-0.3, -0.25) is 4.79 Å². The van der Waals surface area contributed by atoms with Crippen molar-refractivity contribution in [3.05, 3.63) is 33.6 Å². The second kappa shape index (κ2) is 4.79. The van der Waals surface area contributed by atoms with Crippen molar-refractivity contribution in [3.63, 3.8) is 0 Å². The van der Waals surface area contributed by atoms with Gasteiger partial charge in [0.05, 0.1) is 11.4 Å². The predicted molar refractivity (Wildman–Crippen MR) is 55.6 cm³/mol. The van der Waals surface area contributed by atoms with Crippen LogP contribution < -0.4 is 5.73 Å². The first kappa shape index (κ1) is 12.2. The lowest BCUT2D eigenvalue weighted by Gasteiger charge is -2.11. The minimum atomic E-state index is -1.08. The van der Waals surface area contributed by atoms with E-state index in [1.54, 1.807) is 0 Å². The van der Waals surface area contributed by atoms with E-state index in [1.807, 2.05) is 0 Å². The molecule has 6 heteroatoms. The van der Waals surface area contributed by atoms with Crippen molar-refractivity contribution in [2.24, 2.45) is 5.73 Å². The number of carboxylic acid groups (broad SMARTS) is 1. The Hall–Kier alpha value is -0.840. The normalized spacial score (nSPS) is 12.5. The summed E-state index contributed by atoms with van der Waals surface area (Å²) in [6, 6.07) is 1.41. The summed E-state index contributed by atoms with van der Waals surface area (Å²) in [6.45, 7) is 0. The summed E-state index contributed by atoms with van der Waals surface area (Å²) in [6.07, 6.45) is -0.319. The van der Waals surface area contributed by atoms with Crippen LogP contribution in [0.2, 0.25) is 10.0 Å². The summed E-state index contributed by atoms with van der Waals surface area (Å²) in [5.41, 5.74) is 5.78. The maximum atomic E-state index is 13.1. The Labute approximate surface area is 95.6 Å². The number of aliphatic carboxylic acids is 1. The average Bonchev–Trinajstić information content (AvgIpc) is 2.09. The maximum absolute atomic E-state index is 13.1. The summed E-state index contributed by atoms with van der Waals surface area (Å²) in [4.78, 5) is 10.4. The molecule has 3 nitrogen and oxygen atoms in total. The van der Waals surface area contributed by atoms with Gasteiger partial charge in [-0.1, -0.05) is 23.2 Å². The topological polar surface area (TPSA) is 63.3 Å². The fourth-order valence-electron chi connectivity index (χ4n) is 1.12. The zero-order valence-electron chi connectivity index (χ0n) is 7.51. The molecule has 0 heterocycles. The van der Waals surface area contributed by atoms with Gasteiger partial charge in [0.2, 0.25) is 0 Å². The number of halogens is 3. The highest BCUT2D eigenvalue weighted by Gasteiger charge is 2.16. The molecule has 15 heavy (non-hydrogen) atoms. The number of rotatable bonds is 3. The van der Waals surface area contributed by atoms with E-state index >= 15 is 0 Å². The Kier molecular flexibility index (Phi) is 3.90. The van der Waals surface area contributed by atoms with Crippen LogP contribution in [0.15, 0.2) is 12.1 Å². The highest BCUT2D eigenvalue weighted by molar-refractivity contribution is 6.35. The Morgan fingerprint density at radius 1 is 1.47 bits per heavy atom. The zero-order chi connectivity index (χ0) is 11.6. The molecule has 0 saturated heterocycles. The number of hydrogen-bond donors (Lipinski definition) is 2. The van der Waals surface area contributed by atoms with Crippen LogP contribution in [0.4, 0.5) is 4.39 Å². The summed E-state index contributed by atoms with van der Waals surface area (Å²) >= 11 is 11.2. The molecule has 1 aromatic carbocycles. The molecule has 0 saturated carbocycles. The molecule has 0 radical (unpaired) electrons. The molecule has 1 rings (SSSR count). The van der Waals surface area contributed by atoms with Gasteiger partial charge in [0.25, 0.3) is 0 Å². The van der Waals surface area contributed by atoms with E-state index in [-0.39, 0.29) is 22.0 Å². The van der Waals surface area contributed by atoms with Crippen LogP contribution in [0, 0.1) is 5.82 Å². The molecule has 3 N–H and O–H groups in total. The summed E-state index contributed by atoms with van der Waals surface area (Å²) in [7, 11) is 0. The van der Waals surface area contributed by atoms with Gasteiger partial charge < -0.3 is 10.8 Å². The second-order valence-corrected chi connectivity index (χ2v) is 3.81. The standard InChI is InChI=1S/C9H8Cl2FNO2/c10-5-2-6(11)7(12)1-4(5)8(13)3-9(14)15/h1-2,8H,3,13H2,(H,14,15). The molecule has 82 valence electrons. The van der Waals surface area contributed by atoms with Gasteiger partial charge in [0.1, 0.15) is 5.82 Å². The van der Waals surface area contributed by atoms with Crippen LogP contribution in [0.3, 0.4) is 0 Å². The summed E-state index contributed by atoms with van der Waals surface area (Å²) in [5.74, 6) is -1.74. The lowest BCUT2D eigenvalue weighted by atomic mass is 10.0. The molecule has 0 fully saturated rings. The van der Waals surface area contributed by atoms with Crippen LogP contribution in [0.25, 0.3) is 0 Å². The molecular weight excluding hydrogens is 244 g/mol. The van der Waals surface area contributed by atoms with Crippen molar-refractivity contribution in [1.29, 1.82) is 0 Å². The van der Waals surface area contributed by atoms with E-state index in [0.29, 0.717) is 0 Å². The minimum Gasteiger partial charge on any atom is -0.481 e. The van der Waals surface area contributed by atoms with Crippen LogP contribution in [-0.4, -0.2) is 11.1 Å². The molecular formula is C9H8Cl2FNO2. The quantitative estimate of drug-likeness (QED) is 0.812. The molecule has 0 amide bonds. The SMILES string of the molecule is NC(CC(=O)O)c1cc(F)c(Cl)cc1Cl. The van der Waals surface area contributed by atoms with Gasteiger partial charge in [-0.25, -0.2) is 4.39 Å². The fourth-order valence-corrected chi connectivity index (χ4v) is 1.64. The van der Waals surface area contributed by atoms with Gasteiger partial charge in [-0.05, 0) is 17.7 Å². The van der Waals surface area contributed by atoms with E-state index in [1.165, 1.54) is 6.07 Å². The average molecular weight is 252 g/mol. The summed E-state index contributed by atoms with van der Waals surface area (Å²) < 4.78 is 13.1. The van der Waals surface area contributed by atoms with Crippen LogP contribution in [0.1, 0.15) is 18.0 Å². The second-order valence-electron chi connectivity index (χ2n) is 2.99. The molecule has 0 bridgehead atoms. The number of benzene rings is 1. The lowest BCUT2D eigenvalue weighted by Crippen LogP contribution is -2.15. The van der Waals surface area contributed by atoms with E-state index in [4.69, 9.17) is 34.0 Å². The van der Waals surface area contributed by atoms with Crippen LogP contribution in [0.5, 0.6) is 0 Å².